The van der Waals surface area contributed by atoms with Gasteiger partial charge in [0, 0.05) is 26.2 Å². The first-order valence-corrected chi connectivity index (χ1v) is 10.3. The number of halogens is 3. The van der Waals surface area contributed by atoms with E-state index in [0.717, 1.165) is 38.1 Å². The number of rotatable bonds is 5. The third-order valence-corrected chi connectivity index (χ3v) is 5.14. The molecule has 2 aromatic rings. The molecule has 31 heavy (non-hydrogen) atoms. The van der Waals surface area contributed by atoms with Crippen LogP contribution in [0.3, 0.4) is 0 Å². The van der Waals surface area contributed by atoms with Crippen molar-refractivity contribution in [1.82, 2.24) is 15.0 Å². The molecule has 1 aromatic heterocycles. The van der Waals surface area contributed by atoms with Gasteiger partial charge in [-0.15, -0.1) is 0 Å². The number of hydrogen-bond acceptors (Lipinski definition) is 8. The molecule has 0 bridgehead atoms. The standard InChI is InChI=1S/C20H24F3N7O/c21-20(22,23)16-6-4-5-15(13-16)14-24-28-17-25-18(29-7-2-1-3-8-29)27-19(26-17)30-9-11-31-12-10-30/h4-6,13-14H,1-3,7-12H2,(H,25,26,27,28)/b24-14-. The van der Waals surface area contributed by atoms with Crippen molar-refractivity contribution in [3.8, 4) is 0 Å². The average Bonchev–Trinajstić information content (AvgIpc) is 2.80. The Hall–Kier alpha value is -2.95. The second-order valence-corrected chi connectivity index (χ2v) is 7.40. The minimum Gasteiger partial charge on any atom is -0.378 e. The van der Waals surface area contributed by atoms with Crippen molar-refractivity contribution in [2.24, 2.45) is 5.10 Å². The Labute approximate surface area is 178 Å². The van der Waals surface area contributed by atoms with Crippen LogP contribution in [-0.2, 0) is 10.9 Å². The van der Waals surface area contributed by atoms with Crippen molar-refractivity contribution < 1.29 is 17.9 Å². The van der Waals surface area contributed by atoms with Crippen LogP contribution in [-0.4, -0.2) is 60.6 Å². The summed E-state index contributed by atoms with van der Waals surface area (Å²) < 4.78 is 44.1. The maximum absolute atomic E-state index is 12.9. The molecule has 4 rings (SSSR count). The first-order chi connectivity index (χ1) is 15.0. The van der Waals surface area contributed by atoms with Gasteiger partial charge in [0.25, 0.3) is 0 Å². The van der Waals surface area contributed by atoms with E-state index in [-0.39, 0.29) is 5.95 Å². The van der Waals surface area contributed by atoms with E-state index in [4.69, 9.17) is 4.74 Å². The van der Waals surface area contributed by atoms with Crippen LogP contribution < -0.4 is 15.2 Å². The van der Waals surface area contributed by atoms with Crippen molar-refractivity contribution in [3.05, 3.63) is 35.4 Å². The molecule has 11 heteroatoms. The topological polar surface area (TPSA) is 78.8 Å². The summed E-state index contributed by atoms with van der Waals surface area (Å²) in [6.45, 7) is 4.30. The SMILES string of the molecule is FC(F)(F)c1cccc(/C=N\Nc2nc(N3CCCCC3)nc(N3CCOCC3)n2)c1. The average molecular weight is 435 g/mol. The Morgan fingerprint density at radius 3 is 2.29 bits per heavy atom. The van der Waals surface area contributed by atoms with E-state index >= 15 is 0 Å². The van der Waals surface area contributed by atoms with Crippen molar-refractivity contribution in [1.29, 1.82) is 0 Å². The lowest BCUT2D eigenvalue weighted by atomic mass is 10.1. The van der Waals surface area contributed by atoms with Crippen LogP contribution in [0.4, 0.5) is 31.0 Å². The number of alkyl halides is 3. The van der Waals surface area contributed by atoms with Crippen molar-refractivity contribution in [3.63, 3.8) is 0 Å². The summed E-state index contributed by atoms with van der Waals surface area (Å²) in [6.07, 6.45) is 0.254. The van der Waals surface area contributed by atoms with Gasteiger partial charge < -0.3 is 14.5 Å². The first kappa shape index (κ1) is 21.3. The monoisotopic (exact) mass is 435 g/mol. The second-order valence-electron chi connectivity index (χ2n) is 7.40. The number of hydrazone groups is 1. The quantitative estimate of drug-likeness (QED) is 0.571. The van der Waals surface area contributed by atoms with Gasteiger partial charge in [-0.1, -0.05) is 12.1 Å². The van der Waals surface area contributed by atoms with Gasteiger partial charge in [-0.2, -0.15) is 33.2 Å². The smallest absolute Gasteiger partial charge is 0.378 e. The predicted octanol–water partition coefficient (Wildman–Crippen LogP) is 3.16. The molecule has 0 atom stereocenters. The summed E-state index contributed by atoms with van der Waals surface area (Å²) in [7, 11) is 0. The molecule has 0 amide bonds. The highest BCUT2D eigenvalue weighted by atomic mass is 19.4. The second kappa shape index (κ2) is 9.46. The molecular weight excluding hydrogens is 411 g/mol. The normalized spacial score (nSPS) is 17.9. The van der Waals surface area contributed by atoms with Gasteiger partial charge in [-0.3, -0.25) is 0 Å². The first-order valence-electron chi connectivity index (χ1n) is 10.3. The largest absolute Gasteiger partial charge is 0.416 e. The Morgan fingerprint density at radius 2 is 1.61 bits per heavy atom. The van der Waals surface area contributed by atoms with Gasteiger partial charge in [0.1, 0.15) is 0 Å². The predicted molar refractivity (Wildman–Crippen MR) is 112 cm³/mol. The summed E-state index contributed by atoms with van der Waals surface area (Å²) >= 11 is 0. The Morgan fingerprint density at radius 1 is 0.935 bits per heavy atom. The van der Waals surface area contributed by atoms with Crippen LogP contribution in [0.1, 0.15) is 30.4 Å². The van der Waals surface area contributed by atoms with E-state index in [9.17, 15) is 13.2 Å². The zero-order valence-corrected chi connectivity index (χ0v) is 17.0. The summed E-state index contributed by atoms with van der Waals surface area (Å²) in [5.41, 5.74) is 2.35. The van der Waals surface area contributed by atoms with Gasteiger partial charge in [-0.05, 0) is 37.0 Å². The summed E-state index contributed by atoms with van der Waals surface area (Å²) in [5.74, 6) is 1.36. The Bertz CT molecular complexity index is 874. The number of ether oxygens (including phenoxy) is 1. The van der Waals surface area contributed by atoms with E-state index in [1.807, 2.05) is 4.90 Å². The van der Waals surface area contributed by atoms with Crippen molar-refractivity contribution >= 4 is 24.1 Å². The van der Waals surface area contributed by atoms with E-state index in [1.165, 1.54) is 18.7 Å². The molecule has 0 radical (unpaired) electrons. The molecule has 1 N–H and O–H groups in total. The number of nitrogens with one attached hydrogen (secondary N) is 1. The van der Waals surface area contributed by atoms with Gasteiger partial charge in [0.2, 0.25) is 17.8 Å². The third kappa shape index (κ3) is 5.60. The fourth-order valence-corrected chi connectivity index (χ4v) is 3.50. The van der Waals surface area contributed by atoms with Gasteiger partial charge in [0.15, 0.2) is 0 Å². The molecule has 0 saturated carbocycles. The lowest BCUT2D eigenvalue weighted by Crippen LogP contribution is -2.38. The van der Waals surface area contributed by atoms with Crippen molar-refractivity contribution in [2.75, 3.05) is 54.6 Å². The third-order valence-electron chi connectivity index (χ3n) is 5.14. The zero-order chi connectivity index (χ0) is 21.7. The van der Waals surface area contributed by atoms with Crippen LogP contribution in [0.15, 0.2) is 29.4 Å². The van der Waals surface area contributed by atoms with E-state index < -0.39 is 11.7 Å². The summed E-state index contributed by atoms with van der Waals surface area (Å²) in [6, 6.07) is 4.96. The summed E-state index contributed by atoms with van der Waals surface area (Å²) in [5, 5.41) is 4.05. The Balaban J connectivity index is 1.54. The molecule has 0 aliphatic carbocycles. The van der Waals surface area contributed by atoms with Crippen LogP contribution in [0.25, 0.3) is 0 Å². The van der Waals surface area contributed by atoms with Gasteiger partial charge in [0.05, 0.1) is 25.0 Å². The zero-order valence-electron chi connectivity index (χ0n) is 17.0. The molecule has 2 aliphatic rings. The minimum absolute atomic E-state index is 0.250. The minimum atomic E-state index is -4.40. The van der Waals surface area contributed by atoms with Crippen LogP contribution in [0.5, 0.6) is 0 Å². The van der Waals surface area contributed by atoms with E-state index in [1.54, 1.807) is 6.07 Å². The number of benzene rings is 1. The number of anilines is 3. The maximum atomic E-state index is 12.9. The molecule has 8 nitrogen and oxygen atoms in total. The number of nitrogens with zero attached hydrogens (tertiary/aromatic N) is 6. The fourth-order valence-electron chi connectivity index (χ4n) is 3.50. The number of piperidine rings is 1. The van der Waals surface area contributed by atoms with Crippen LogP contribution in [0, 0.1) is 0 Å². The van der Waals surface area contributed by atoms with E-state index in [2.05, 4.69) is 30.4 Å². The highest BCUT2D eigenvalue weighted by Gasteiger charge is 2.30. The van der Waals surface area contributed by atoms with Crippen LogP contribution in [0.2, 0.25) is 0 Å². The number of hydrogen-bond donors (Lipinski definition) is 1. The molecule has 2 saturated heterocycles. The Kier molecular flexibility index (Phi) is 6.50. The molecule has 0 spiro atoms. The molecule has 2 aliphatic heterocycles. The molecule has 0 unspecified atom stereocenters. The molecule has 1 aromatic carbocycles. The highest BCUT2D eigenvalue weighted by molar-refractivity contribution is 5.80. The lowest BCUT2D eigenvalue weighted by molar-refractivity contribution is -0.137. The maximum Gasteiger partial charge on any atom is 0.416 e. The lowest BCUT2D eigenvalue weighted by Gasteiger charge is -2.30. The highest BCUT2D eigenvalue weighted by Crippen LogP contribution is 2.29. The van der Waals surface area contributed by atoms with Gasteiger partial charge >= 0.3 is 6.18 Å². The number of morpholine rings is 1. The van der Waals surface area contributed by atoms with Crippen molar-refractivity contribution in [2.45, 2.75) is 25.4 Å². The van der Waals surface area contributed by atoms with E-state index in [0.29, 0.717) is 43.8 Å². The van der Waals surface area contributed by atoms with Gasteiger partial charge in [-0.25, -0.2) is 5.43 Å². The fraction of sp³-hybridized carbons (Fsp3) is 0.500. The summed E-state index contributed by atoms with van der Waals surface area (Å²) in [4.78, 5) is 17.7. The molecule has 2 fully saturated rings. The number of aromatic nitrogens is 3. The molecule has 3 heterocycles. The van der Waals surface area contributed by atoms with Crippen LogP contribution >= 0.6 is 0 Å². The molecule has 166 valence electrons. The molecular formula is C20H24F3N7O.